The number of hydrogen-bond acceptors (Lipinski definition) is 4. The predicted molar refractivity (Wildman–Crippen MR) is 60.6 cm³/mol. The van der Waals surface area contributed by atoms with Crippen molar-refractivity contribution in [3.8, 4) is 0 Å². The summed E-state index contributed by atoms with van der Waals surface area (Å²) >= 11 is 0. The zero-order chi connectivity index (χ0) is 13.1. The second kappa shape index (κ2) is 4.87. The van der Waals surface area contributed by atoms with Crippen molar-refractivity contribution in [2.24, 2.45) is 0 Å². The third kappa shape index (κ3) is 2.04. The van der Waals surface area contributed by atoms with Gasteiger partial charge in [-0.3, -0.25) is 9.59 Å². The number of benzene rings is 1. The fraction of sp³-hybridized carbons (Fsp3) is 0.167. The third-order valence-corrected chi connectivity index (χ3v) is 2.64. The Balaban J connectivity index is 2.46. The van der Waals surface area contributed by atoms with E-state index in [1.165, 1.54) is 0 Å². The van der Waals surface area contributed by atoms with Gasteiger partial charge in [-0.2, -0.15) is 4.39 Å². The number of carbonyl (C=O) groups is 2. The molecule has 0 bridgehead atoms. The van der Waals surface area contributed by atoms with E-state index in [0.29, 0.717) is 0 Å². The van der Waals surface area contributed by atoms with Gasteiger partial charge in [0.2, 0.25) is 5.78 Å². The van der Waals surface area contributed by atoms with E-state index < -0.39 is 17.4 Å². The molecule has 0 fully saturated rings. The highest BCUT2D eigenvalue weighted by molar-refractivity contribution is 6.32. The summed E-state index contributed by atoms with van der Waals surface area (Å²) in [6, 6.07) is 8.73. The molecule has 0 unspecified atom stereocenters. The number of rotatable bonds is 4. The summed E-state index contributed by atoms with van der Waals surface area (Å²) in [5, 5.41) is 6.77. The van der Waals surface area contributed by atoms with Crippen molar-refractivity contribution in [1.82, 2.24) is 15.0 Å². The quantitative estimate of drug-likeness (QED) is 0.465. The molecule has 0 N–H and O–H groups in total. The van der Waals surface area contributed by atoms with E-state index in [-0.39, 0.29) is 12.3 Å². The van der Waals surface area contributed by atoms with Crippen molar-refractivity contribution in [1.29, 1.82) is 0 Å². The molecule has 1 aromatic heterocycles. The lowest BCUT2D eigenvalue weighted by Crippen LogP contribution is -2.17. The van der Waals surface area contributed by atoms with Gasteiger partial charge in [-0.25, -0.2) is 4.68 Å². The van der Waals surface area contributed by atoms with Gasteiger partial charge in [0.05, 0.1) is 6.04 Å². The predicted octanol–water partition coefficient (Wildman–Crippen LogP) is 1.41. The fourth-order valence-electron chi connectivity index (χ4n) is 1.69. The molecule has 18 heavy (non-hydrogen) atoms. The molecule has 6 heteroatoms. The average Bonchev–Trinajstić information content (AvgIpc) is 2.80. The Morgan fingerprint density at radius 1 is 1.39 bits per heavy atom. The second-order valence-corrected chi connectivity index (χ2v) is 3.74. The van der Waals surface area contributed by atoms with E-state index in [1.54, 1.807) is 6.92 Å². The van der Waals surface area contributed by atoms with Gasteiger partial charge in [0.1, 0.15) is 0 Å². The lowest BCUT2D eigenvalue weighted by atomic mass is 10.1. The van der Waals surface area contributed by atoms with Crippen LogP contribution in [0.3, 0.4) is 0 Å². The van der Waals surface area contributed by atoms with Crippen LogP contribution in [0.2, 0.25) is 0 Å². The van der Waals surface area contributed by atoms with Gasteiger partial charge >= 0.3 is 0 Å². The van der Waals surface area contributed by atoms with Gasteiger partial charge in [-0.15, -0.1) is 0 Å². The molecule has 0 saturated heterocycles. The summed E-state index contributed by atoms with van der Waals surface area (Å²) in [6.07, 6.45) is 0.0516. The minimum atomic E-state index is -1.03. The molecule has 5 nitrogen and oxygen atoms in total. The molecule has 0 amide bonds. The number of aldehydes is 1. The highest BCUT2D eigenvalue weighted by Crippen LogP contribution is 2.19. The molecule has 0 saturated carbocycles. The molecule has 0 aliphatic rings. The maximum absolute atomic E-state index is 13.3. The lowest BCUT2D eigenvalue weighted by Gasteiger charge is -2.13. The second-order valence-electron chi connectivity index (χ2n) is 3.74. The molecule has 1 atom stereocenters. The van der Waals surface area contributed by atoms with Crippen LogP contribution in [0.4, 0.5) is 4.39 Å². The molecule has 92 valence electrons. The van der Waals surface area contributed by atoms with Crippen molar-refractivity contribution in [2.75, 3.05) is 0 Å². The Labute approximate surface area is 102 Å². The number of halogens is 1. The molecule has 1 aromatic carbocycles. The van der Waals surface area contributed by atoms with Crippen LogP contribution in [0, 0.1) is 5.95 Å². The Morgan fingerprint density at radius 2 is 2.06 bits per heavy atom. The molecule has 1 heterocycles. The number of nitrogens with zero attached hydrogens (tertiary/aromatic N) is 3. The molecule has 2 rings (SSSR count). The Hall–Kier alpha value is -2.37. The zero-order valence-electron chi connectivity index (χ0n) is 9.58. The topological polar surface area (TPSA) is 64.8 Å². The number of hydrogen-bond donors (Lipinski definition) is 0. The normalized spacial score (nSPS) is 12.1. The van der Waals surface area contributed by atoms with Crippen LogP contribution in [-0.2, 0) is 4.79 Å². The monoisotopic (exact) mass is 247 g/mol. The number of Topliss-reactive ketones (excluding diaryl/α,β-unsaturated/α-hetero) is 1. The largest absolute Gasteiger partial charge is 0.294 e. The Bertz CT molecular complexity index is 580. The molecule has 0 aliphatic heterocycles. The maximum atomic E-state index is 13.3. The summed E-state index contributed by atoms with van der Waals surface area (Å²) in [7, 11) is 0. The minimum absolute atomic E-state index is 0.0516. The van der Waals surface area contributed by atoms with Crippen LogP contribution in [0.5, 0.6) is 0 Å². The van der Waals surface area contributed by atoms with Crippen LogP contribution in [0.15, 0.2) is 30.3 Å². The summed E-state index contributed by atoms with van der Waals surface area (Å²) < 4.78 is 14.5. The summed E-state index contributed by atoms with van der Waals surface area (Å²) in [6.45, 7) is 1.74. The molecular weight excluding hydrogens is 237 g/mol. The van der Waals surface area contributed by atoms with Gasteiger partial charge < -0.3 is 0 Å². The van der Waals surface area contributed by atoms with E-state index in [2.05, 4.69) is 10.3 Å². The zero-order valence-corrected chi connectivity index (χ0v) is 9.58. The smallest absolute Gasteiger partial charge is 0.264 e. The minimum Gasteiger partial charge on any atom is -0.294 e. The average molecular weight is 247 g/mol. The molecule has 2 aromatic rings. The van der Waals surface area contributed by atoms with Crippen LogP contribution >= 0.6 is 0 Å². The molecule has 0 radical (unpaired) electrons. The first-order valence-corrected chi connectivity index (χ1v) is 5.30. The van der Waals surface area contributed by atoms with Gasteiger partial charge in [-0.05, 0) is 12.5 Å². The van der Waals surface area contributed by atoms with Crippen molar-refractivity contribution in [3.05, 3.63) is 47.5 Å². The number of carbonyl (C=O) groups excluding carboxylic acids is 2. The third-order valence-electron chi connectivity index (χ3n) is 2.64. The van der Waals surface area contributed by atoms with E-state index in [1.807, 2.05) is 30.3 Å². The van der Waals surface area contributed by atoms with E-state index in [9.17, 15) is 14.0 Å². The van der Waals surface area contributed by atoms with Crippen LogP contribution in [-0.4, -0.2) is 27.1 Å². The van der Waals surface area contributed by atoms with Crippen molar-refractivity contribution in [3.63, 3.8) is 0 Å². The maximum Gasteiger partial charge on any atom is 0.264 e. The van der Waals surface area contributed by atoms with Gasteiger partial charge in [-0.1, -0.05) is 40.6 Å². The first kappa shape index (κ1) is 12.1. The lowest BCUT2D eigenvalue weighted by molar-refractivity contribution is -0.104. The Kier molecular flexibility index (Phi) is 3.27. The SMILES string of the molecule is C[C@H](c1ccccc1)n1nnc(F)c1C(=O)C=O. The summed E-state index contributed by atoms with van der Waals surface area (Å²) in [5.74, 6) is -2.00. The molecule has 0 aliphatic carbocycles. The van der Waals surface area contributed by atoms with Crippen molar-refractivity contribution < 1.29 is 14.0 Å². The number of ketones is 1. The van der Waals surface area contributed by atoms with Crippen LogP contribution in [0.1, 0.15) is 29.0 Å². The first-order valence-electron chi connectivity index (χ1n) is 5.30. The first-order chi connectivity index (χ1) is 8.65. The van der Waals surface area contributed by atoms with E-state index in [4.69, 9.17) is 0 Å². The highest BCUT2D eigenvalue weighted by atomic mass is 19.1. The highest BCUT2D eigenvalue weighted by Gasteiger charge is 2.23. The standard InChI is InChI=1S/C12H10FN3O2/c1-8(9-5-3-2-4-6-9)16-11(10(18)7-17)12(13)14-15-16/h2-8H,1H3/t8-/m1/s1. The molecular formula is C12H10FN3O2. The fourth-order valence-corrected chi connectivity index (χ4v) is 1.69. The number of aromatic nitrogens is 3. The van der Waals surface area contributed by atoms with Crippen molar-refractivity contribution >= 4 is 12.1 Å². The van der Waals surface area contributed by atoms with Crippen molar-refractivity contribution in [2.45, 2.75) is 13.0 Å². The summed E-state index contributed by atoms with van der Waals surface area (Å²) in [5.41, 5.74) is 0.420. The van der Waals surface area contributed by atoms with Gasteiger partial charge in [0, 0.05) is 0 Å². The molecule has 0 spiro atoms. The van der Waals surface area contributed by atoms with Gasteiger partial charge in [0.15, 0.2) is 12.0 Å². The van der Waals surface area contributed by atoms with E-state index >= 15 is 0 Å². The Morgan fingerprint density at radius 3 is 2.67 bits per heavy atom. The van der Waals surface area contributed by atoms with Crippen LogP contribution < -0.4 is 0 Å². The summed E-state index contributed by atoms with van der Waals surface area (Å²) in [4.78, 5) is 21.8. The van der Waals surface area contributed by atoms with E-state index in [0.717, 1.165) is 10.2 Å². The van der Waals surface area contributed by atoms with Crippen LogP contribution in [0.25, 0.3) is 0 Å². The van der Waals surface area contributed by atoms with Gasteiger partial charge in [0.25, 0.3) is 5.95 Å².